The average molecular weight is 240 g/mol. The number of nitrogens with one attached hydrogen (secondary N) is 2. The molecule has 0 radical (unpaired) electrons. The minimum atomic E-state index is -4.68. The van der Waals surface area contributed by atoms with Gasteiger partial charge in [0.05, 0.1) is 12.5 Å². The monoisotopic (exact) mass is 240 g/mol. The smallest absolute Gasteiger partial charge is 0.382 e. The molecule has 0 aromatic rings. The van der Waals surface area contributed by atoms with E-state index in [1.807, 2.05) is 0 Å². The summed E-state index contributed by atoms with van der Waals surface area (Å²) in [5.74, 6) is -0.732. The van der Waals surface area contributed by atoms with Gasteiger partial charge in [-0.15, -0.1) is 0 Å². The van der Waals surface area contributed by atoms with Crippen molar-refractivity contribution in [3.8, 4) is 0 Å². The van der Waals surface area contributed by atoms with Crippen molar-refractivity contribution in [1.82, 2.24) is 10.6 Å². The largest absolute Gasteiger partial charge is 0.416 e. The Labute approximate surface area is 91.2 Å². The quantitative estimate of drug-likeness (QED) is 0.652. The summed E-state index contributed by atoms with van der Waals surface area (Å²) in [6.07, 6.45) is -5.67. The van der Waals surface area contributed by atoms with Crippen molar-refractivity contribution in [2.75, 3.05) is 19.6 Å². The number of carbonyl (C=O) groups is 1. The number of carbonyl (C=O) groups excluding carboxylic acids is 1. The van der Waals surface area contributed by atoms with Gasteiger partial charge in [0.1, 0.15) is 0 Å². The Balaban J connectivity index is 2.29. The number of aliphatic hydroxyl groups excluding tert-OH is 1. The van der Waals surface area contributed by atoms with Crippen LogP contribution in [-0.4, -0.2) is 42.9 Å². The van der Waals surface area contributed by atoms with E-state index in [1.54, 1.807) is 0 Å². The van der Waals surface area contributed by atoms with E-state index in [0.29, 0.717) is 13.0 Å². The first-order valence-electron chi connectivity index (χ1n) is 5.14. The molecule has 94 valence electrons. The molecule has 1 aliphatic heterocycles. The molecule has 3 N–H and O–H groups in total. The molecular formula is C9H15F3N2O2. The highest BCUT2D eigenvalue weighted by molar-refractivity contribution is 5.78. The van der Waals surface area contributed by atoms with Crippen LogP contribution < -0.4 is 10.6 Å². The van der Waals surface area contributed by atoms with Crippen LogP contribution in [0.3, 0.4) is 0 Å². The lowest BCUT2D eigenvalue weighted by atomic mass is 9.99. The number of hydrogen-bond donors (Lipinski definition) is 3. The topological polar surface area (TPSA) is 61.4 Å². The molecule has 16 heavy (non-hydrogen) atoms. The number of rotatable bonds is 3. The van der Waals surface area contributed by atoms with E-state index in [2.05, 4.69) is 10.6 Å². The molecule has 0 spiro atoms. The Morgan fingerprint density at radius 1 is 1.56 bits per heavy atom. The highest BCUT2D eigenvalue weighted by Crippen LogP contribution is 2.19. The third kappa shape index (κ3) is 3.97. The SMILES string of the molecule is O=C(NCC(O)C(F)(F)F)[C@@H]1CCCNC1. The maximum Gasteiger partial charge on any atom is 0.416 e. The Kier molecular flexibility index (Phi) is 4.55. The van der Waals surface area contributed by atoms with Crippen LogP contribution in [-0.2, 0) is 4.79 Å². The summed E-state index contributed by atoms with van der Waals surface area (Å²) in [5.41, 5.74) is 0. The first kappa shape index (κ1) is 13.2. The zero-order chi connectivity index (χ0) is 12.2. The van der Waals surface area contributed by atoms with Crippen LogP contribution in [0.4, 0.5) is 13.2 Å². The minimum absolute atomic E-state index is 0.297. The first-order valence-corrected chi connectivity index (χ1v) is 5.14. The van der Waals surface area contributed by atoms with Crippen LogP contribution in [0.1, 0.15) is 12.8 Å². The Morgan fingerprint density at radius 2 is 2.25 bits per heavy atom. The van der Waals surface area contributed by atoms with Gasteiger partial charge in [-0.05, 0) is 19.4 Å². The van der Waals surface area contributed by atoms with E-state index >= 15 is 0 Å². The second-order valence-electron chi connectivity index (χ2n) is 3.85. The molecule has 1 saturated heterocycles. The standard InChI is InChI=1S/C9H15F3N2O2/c10-9(11,12)7(15)5-14-8(16)6-2-1-3-13-4-6/h6-7,13,15H,1-5H2,(H,14,16)/t6-,7?/m1/s1. The van der Waals surface area contributed by atoms with Crippen molar-refractivity contribution in [3.05, 3.63) is 0 Å². The molecule has 0 aromatic carbocycles. The number of alkyl halides is 3. The molecule has 7 heteroatoms. The van der Waals surface area contributed by atoms with Crippen LogP contribution in [0.15, 0.2) is 0 Å². The zero-order valence-corrected chi connectivity index (χ0v) is 8.68. The Hall–Kier alpha value is -0.820. The van der Waals surface area contributed by atoms with E-state index < -0.39 is 24.7 Å². The van der Waals surface area contributed by atoms with Gasteiger partial charge in [0.2, 0.25) is 5.91 Å². The molecule has 1 amide bonds. The van der Waals surface area contributed by atoms with Crippen molar-refractivity contribution in [2.24, 2.45) is 5.92 Å². The van der Waals surface area contributed by atoms with Gasteiger partial charge in [-0.1, -0.05) is 0 Å². The first-order chi connectivity index (χ1) is 7.41. The normalized spacial score (nSPS) is 23.9. The van der Waals surface area contributed by atoms with Crippen molar-refractivity contribution >= 4 is 5.91 Å². The van der Waals surface area contributed by atoms with Gasteiger partial charge in [0.15, 0.2) is 6.10 Å². The van der Waals surface area contributed by atoms with Gasteiger partial charge in [0, 0.05) is 6.54 Å². The van der Waals surface area contributed by atoms with Gasteiger partial charge in [-0.3, -0.25) is 4.79 Å². The molecule has 2 atom stereocenters. The van der Waals surface area contributed by atoms with Crippen LogP contribution in [0.5, 0.6) is 0 Å². The second-order valence-corrected chi connectivity index (χ2v) is 3.85. The minimum Gasteiger partial charge on any atom is -0.382 e. The number of hydrogen-bond acceptors (Lipinski definition) is 3. The lowest BCUT2D eigenvalue weighted by molar-refractivity contribution is -0.202. The summed E-state index contributed by atoms with van der Waals surface area (Å²) < 4.78 is 35.8. The average Bonchev–Trinajstić information content (AvgIpc) is 2.25. The lowest BCUT2D eigenvalue weighted by Gasteiger charge is -2.23. The van der Waals surface area contributed by atoms with Crippen molar-refractivity contribution in [2.45, 2.75) is 25.1 Å². The molecule has 0 bridgehead atoms. The summed E-state index contributed by atoms with van der Waals surface area (Å²) in [5, 5.41) is 13.8. The zero-order valence-electron chi connectivity index (χ0n) is 8.68. The van der Waals surface area contributed by atoms with E-state index in [9.17, 15) is 18.0 Å². The molecule has 1 fully saturated rings. The summed E-state index contributed by atoms with van der Waals surface area (Å²) in [7, 11) is 0. The van der Waals surface area contributed by atoms with Crippen LogP contribution >= 0.6 is 0 Å². The van der Waals surface area contributed by atoms with E-state index in [1.165, 1.54) is 0 Å². The third-order valence-corrected chi connectivity index (χ3v) is 2.52. The predicted molar refractivity (Wildman–Crippen MR) is 50.7 cm³/mol. The number of piperidine rings is 1. The summed E-state index contributed by atoms with van der Waals surface area (Å²) in [4.78, 5) is 11.4. The number of halogens is 3. The maximum absolute atomic E-state index is 11.9. The molecule has 1 heterocycles. The fraction of sp³-hybridized carbons (Fsp3) is 0.889. The van der Waals surface area contributed by atoms with Gasteiger partial charge in [-0.25, -0.2) is 0 Å². The lowest BCUT2D eigenvalue weighted by Crippen LogP contribution is -2.45. The highest BCUT2D eigenvalue weighted by Gasteiger charge is 2.38. The molecular weight excluding hydrogens is 225 g/mol. The predicted octanol–water partition coefficient (Wildman–Crippen LogP) is 0.0254. The summed E-state index contributed by atoms with van der Waals surface area (Å²) in [6.45, 7) is 0.529. The maximum atomic E-state index is 11.9. The summed E-state index contributed by atoms with van der Waals surface area (Å²) in [6, 6.07) is 0. The van der Waals surface area contributed by atoms with Gasteiger partial charge in [-0.2, -0.15) is 13.2 Å². The Bertz CT molecular complexity index is 239. The summed E-state index contributed by atoms with van der Waals surface area (Å²) >= 11 is 0. The molecule has 1 aliphatic rings. The second kappa shape index (κ2) is 5.49. The molecule has 1 rings (SSSR count). The fourth-order valence-electron chi connectivity index (χ4n) is 1.53. The molecule has 0 aliphatic carbocycles. The van der Waals surface area contributed by atoms with Crippen LogP contribution in [0.2, 0.25) is 0 Å². The number of aliphatic hydroxyl groups is 1. The van der Waals surface area contributed by atoms with Crippen LogP contribution in [0, 0.1) is 5.92 Å². The molecule has 4 nitrogen and oxygen atoms in total. The Morgan fingerprint density at radius 3 is 2.75 bits per heavy atom. The van der Waals surface area contributed by atoms with Gasteiger partial charge < -0.3 is 15.7 Å². The van der Waals surface area contributed by atoms with Crippen molar-refractivity contribution < 1.29 is 23.1 Å². The van der Waals surface area contributed by atoms with Crippen LogP contribution in [0.25, 0.3) is 0 Å². The van der Waals surface area contributed by atoms with E-state index in [4.69, 9.17) is 5.11 Å². The highest BCUT2D eigenvalue weighted by atomic mass is 19.4. The fourth-order valence-corrected chi connectivity index (χ4v) is 1.53. The van der Waals surface area contributed by atoms with Crippen molar-refractivity contribution in [1.29, 1.82) is 0 Å². The van der Waals surface area contributed by atoms with E-state index in [0.717, 1.165) is 13.0 Å². The van der Waals surface area contributed by atoms with Crippen molar-refractivity contribution in [3.63, 3.8) is 0 Å². The van der Waals surface area contributed by atoms with Gasteiger partial charge in [0.25, 0.3) is 0 Å². The number of amides is 1. The third-order valence-electron chi connectivity index (χ3n) is 2.52. The van der Waals surface area contributed by atoms with Gasteiger partial charge >= 0.3 is 6.18 Å². The van der Waals surface area contributed by atoms with E-state index in [-0.39, 0.29) is 5.92 Å². The molecule has 0 aromatic heterocycles. The molecule has 0 saturated carbocycles. The molecule has 1 unspecified atom stereocenters.